The molecule has 1 aliphatic heterocycles. The van der Waals surface area contributed by atoms with E-state index in [1.165, 1.54) is 11.8 Å². The summed E-state index contributed by atoms with van der Waals surface area (Å²) in [7, 11) is 2.11. The second-order valence-corrected chi connectivity index (χ2v) is 9.07. The molecule has 0 atom stereocenters. The van der Waals surface area contributed by atoms with Gasteiger partial charge in [0, 0.05) is 37.4 Å². The number of carbonyl (C=O) groups excluding carboxylic acids is 1. The van der Waals surface area contributed by atoms with Gasteiger partial charge < -0.3 is 15.2 Å². The van der Waals surface area contributed by atoms with Crippen LogP contribution in [0.2, 0.25) is 0 Å². The molecule has 1 saturated heterocycles. The molecule has 1 fully saturated rings. The normalized spacial score (nSPS) is 16.9. The molecular formula is C22H29N5O2S. The lowest BCUT2D eigenvalue weighted by Gasteiger charge is -2.37. The Morgan fingerprint density at radius 1 is 1.17 bits per heavy atom. The number of nitrogens with zero attached hydrogens (tertiary/aromatic N) is 4. The van der Waals surface area contributed by atoms with Crippen LogP contribution in [0.3, 0.4) is 0 Å². The fraction of sp³-hybridized carbons (Fsp3) is 0.500. The van der Waals surface area contributed by atoms with E-state index < -0.39 is 0 Å². The van der Waals surface area contributed by atoms with Crippen molar-refractivity contribution >= 4 is 23.4 Å². The number of aryl methyl sites for hydroxylation is 1. The summed E-state index contributed by atoms with van der Waals surface area (Å²) >= 11 is 1.37. The van der Waals surface area contributed by atoms with Crippen molar-refractivity contribution in [3.8, 4) is 0 Å². The van der Waals surface area contributed by atoms with Crippen molar-refractivity contribution in [3.63, 3.8) is 0 Å². The monoisotopic (exact) mass is 427 g/mol. The second-order valence-electron chi connectivity index (χ2n) is 8.11. The molecule has 0 unspecified atom stereocenters. The van der Waals surface area contributed by atoms with Gasteiger partial charge in [0.25, 0.3) is 0 Å². The third kappa shape index (κ3) is 4.70. The van der Waals surface area contributed by atoms with Crippen LogP contribution >= 0.6 is 11.8 Å². The fourth-order valence-electron chi connectivity index (χ4n) is 4.13. The number of nitrogens with one attached hydrogen (secondary N) is 1. The molecule has 1 N–H and O–H groups in total. The van der Waals surface area contributed by atoms with Crippen molar-refractivity contribution in [1.82, 2.24) is 14.6 Å². The standard InChI is InChI=1S/C22H29N5O2S/c1-16-6-5-7-17(14-16)23-20(28)15-30-21-18-8-3-4-9-19(18)27(22(29)24-21)26-12-10-25(2)11-13-26/h5-7,14H,3-4,8-13,15H2,1-2H3,(H,23,28). The Morgan fingerprint density at radius 2 is 1.93 bits per heavy atom. The Balaban J connectivity index is 1.52. The van der Waals surface area contributed by atoms with E-state index in [1.807, 2.05) is 35.9 Å². The minimum Gasteiger partial charge on any atom is -0.325 e. The lowest BCUT2D eigenvalue weighted by atomic mass is 9.97. The van der Waals surface area contributed by atoms with E-state index in [-0.39, 0.29) is 17.3 Å². The van der Waals surface area contributed by atoms with E-state index in [0.29, 0.717) is 0 Å². The van der Waals surface area contributed by atoms with E-state index in [0.717, 1.165) is 79.4 Å². The highest BCUT2D eigenvalue weighted by atomic mass is 32.2. The smallest absolute Gasteiger partial charge is 0.325 e. The molecule has 1 amide bonds. The van der Waals surface area contributed by atoms with Gasteiger partial charge in [-0.1, -0.05) is 23.9 Å². The van der Waals surface area contributed by atoms with Crippen molar-refractivity contribution in [2.75, 3.05) is 49.3 Å². The number of anilines is 1. The summed E-state index contributed by atoms with van der Waals surface area (Å²) in [6.45, 7) is 5.54. The highest BCUT2D eigenvalue weighted by Crippen LogP contribution is 2.28. The number of fused-ring (bicyclic) bond motifs is 1. The summed E-state index contributed by atoms with van der Waals surface area (Å²) in [6, 6.07) is 7.75. The van der Waals surface area contributed by atoms with E-state index in [4.69, 9.17) is 0 Å². The van der Waals surface area contributed by atoms with Crippen LogP contribution in [0, 0.1) is 6.92 Å². The number of piperazine rings is 1. The average molecular weight is 428 g/mol. The third-order valence-corrected chi connectivity index (χ3v) is 6.75. The molecule has 0 spiro atoms. The van der Waals surface area contributed by atoms with Gasteiger partial charge in [0.1, 0.15) is 5.03 Å². The maximum Gasteiger partial charge on any atom is 0.367 e. The molecule has 2 aliphatic rings. The molecule has 1 aliphatic carbocycles. The van der Waals surface area contributed by atoms with E-state index >= 15 is 0 Å². The maximum absolute atomic E-state index is 12.9. The van der Waals surface area contributed by atoms with Gasteiger partial charge in [-0.3, -0.25) is 4.79 Å². The largest absolute Gasteiger partial charge is 0.367 e. The summed E-state index contributed by atoms with van der Waals surface area (Å²) in [5, 5.41) is 5.79. The van der Waals surface area contributed by atoms with Crippen LogP contribution in [0.15, 0.2) is 34.1 Å². The predicted octanol–water partition coefficient (Wildman–Crippen LogP) is 2.04. The fourth-order valence-corrected chi connectivity index (χ4v) is 5.01. The second kappa shape index (κ2) is 9.22. The first-order chi connectivity index (χ1) is 14.5. The predicted molar refractivity (Wildman–Crippen MR) is 121 cm³/mol. The van der Waals surface area contributed by atoms with Crippen LogP contribution < -0.4 is 16.0 Å². The number of aromatic nitrogens is 2. The Labute approximate surface area is 181 Å². The van der Waals surface area contributed by atoms with Crippen LogP contribution in [0.4, 0.5) is 5.69 Å². The van der Waals surface area contributed by atoms with Gasteiger partial charge in [0.05, 0.1) is 11.4 Å². The quantitative estimate of drug-likeness (QED) is 0.582. The Bertz CT molecular complexity index is 982. The first kappa shape index (κ1) is 20.9. The van der Waals surface area contributed by atoms with Gasteiger partial charge in [-0.15, -0.1) is 0 Å². The maximum atomic E-state index is 12.9. The lowest BCUT2D eigenvalue weighted by Crippen LogP contribution is -2.54. The Kier molecular flexibility index (Phi) is 6.43. The van der Waals surface area contributed by atoms with Crippen molar-refractivity contribution in [3.05, 3.63) is 51.6 Å². The van der Waals surface area contributed by atoms with Gasteiger partial charge >= 0.3 is 5.69 Å². The van der Waals surface area contributed by atoms with Crippen LogP contribution in [0.5, 0.6) is 0 Å². The first-order valence-electron chi connectivity index (χ1n) is 10.6. The minimum absolute atomic E-state index is 0.0831. The first-order valence-corrected chi connectivity index (χ1v) is 11.6. The van der Waals surface area contributed by atoms with Gasteiger partial charge in [0.15, 0.2) is 0 Å². The molecule has 2 aromatic rings. The zero-order valence-electron chi connectivity index (χ0n) is 17.7. The number of amides is 1. The zero-order chi connectivity index (χ0) is 21.1. The highest BCUT2D eigenvalue weighted by molar-refractivity contribution is 8.00. The number of thioether (sulfide) groups is 1. The van der Waals surface area contributed by atoms with Crippen LogP contribution in [0.25, 0.3) is 0 Å². The molecule has 1 aromatic heterocycles. The molecule has 0 radical (unpaired) electrons. The van der Waals surface area contributed by atoms with E-state index in [1.54, 1.807) is 0 Å². The van der Waals surface area contributed by atoms with Crippen molar-refractivity contribution < 1.29 is 4.79 Å². The molecule has 8 heteroatoms. The minimum atomic E-state index is -0.221. The van der Waals surface area contributed by atoms with Crippen molar-refractivity contribution in [1.29, 1.82) is 0 Å². The summed E-state index contributed by atoms with van der Waals surface area (Å²) in [5.41, 5.74) is 3.91. The Morgan fingerprint density at radius 3 is 2.70 bits per heavy atom. The third-order valence-electron chi connectivity index (χ3n) is 5.74. The molecule has 4 rings (SSSR count). The van der Waals surface area contributed by atoms with Crippen LogP contribution in [-0.2, 0) is 17.6 Å². The van der Waals surface area contributed by atoms with Crippen molar-refractivity contribution in [2.45, 2.75) is 37.6 Å². The van der Waals surface area contributed by atoms with E-state index in [2.05, 4.69) is 27.3 Å². The topological polar surface area (TPSA) is 70.5 Å². The van der Waals surface area contributed by atoms with E-state index in [9.17, 15) is 9.59 Å². The molecular weight excluding hydrogens is 398 g/mol. The average Bonchev–Trinajstić information content (AvgIpc) is 2.73. The molecule has 160 valence electrons. The van der Waals surface area contributed by atoms with Gasteiger partial charge in [-0.25, -0.2) is 9.47 Å². The SMILES string of the molecule is Cc1cccc(NC(=O)CSc2nc(=O)n(N3CCN(C)CC3)c3c2CCCC3)c1. The van der Waals surface area contributed by atoms with Gasteiger partial charge in [0.2, 0.25) is 5.91 Å². The molecule has 2 heterocycles. The molecule has 0 bridgehead atoms. The number of rotatable bonds is 5. The summed E-state index contributed by atoms with van der Waals surface area (Å²) in [4.78, 5) is 32.1. The molecule has 7 nitrogen and oxygen atoms in total. The zero-order valence-corrected chi connectivity index (χ0v) is 18.5. The number of hydrogen-bond acceptors (Lipinski definition) is 6. The van der Waals surface area contributed by atoms with Crippen LogP contribution in [-0.4, -0.2) is 59.4 Å². The summed E-state index contributed by atoms with van der Waals surface area (Å²) in [5.74, 6) is 0.158. The summed E-state index contributed by atoms with van der Waals surface area (Å²) < 4.78 is 1.82. The number of hydrogen-bond donors (Lipinski definition) is 1. The molecule has 0 saturated carbocycles. The molecule has 30 heavy (non-hydrogen) atoms. The Hall–Kier alpha value is -2.32. The van der Waals surface area contributed by atoms with Crippen LogP contribution in [0.1, 0.15) is 29.7 Å². The lowest BCUT2D eigenvalue weighted by molar-refractivity contribution is -0.113. The summed E-state index contributed by atoms with van der Waals surface area (Å²) in [6.07, 6.45) is 3.99. The van der Waals surface area contributed by atoms with Gasteiger partial charge in [-0.2, -0.15) is 4.98 Å². The van der Waals surface area contributed by atoms with Crippen molar-refractivity contribution in [2.24, 2.45) is 0 Å². The number of carbonyl (C=O) groups is 1. The number of likely N-dealkylation sites (N-methyl/N-ethyl adjacent to an activating group) is 1. The number of benzene rings is 1. The molecule has 1 aromatic carbocycles. The van der Waals surface area contributed by atoms with Gasteiger partial charge in [-0.05, 0) is 57.4 Å². The highest BCUT2D eigenvalue weighted by Gasteiger charge is 2.25.